The van der Waals surface area contributed by atoms with E-state index in [9.17, 15) is 9.59 Å². The number of ether oxygens (including phenoxy) is 5. The number of rotatable bonds is 25. The first-order valence-electron chi connectivity index (χ1n) is 13.7. The van der Waals surface area contributed by atoms with Gasteiger partial charge >= 0.3 is 0 Å². The Morgan fingerprint density at radius 3 is 2.52 bits per heavy atom. The Kier molecular flexibility index (Phi) is 22.6. The van der Waals surface area contributed by atoms with Gasteiger partial charge in [-0.15, -0.1) is 0 Å². The molecule has 2 amide bonds. The Hall–Kier alpha value is -1.80. The molecule has 40 heavy (non-hydrogen) atoms. The van der Waals surface area contributed by atoms with Gasteiger partial charge in [-0.3, -0.25) is 9.59 Å². The van der Waals surface area contributed by atoms with Gasteiger partial charge in [0.2, 0.25) is 11.8 Å². The second kappa shape index (κ2) is 25.0. The number of anilines is 1. The van der Waals surface area contributed by atoms with E-state index < -0.39 is 0 Å². The van der Waals surface area contributed by atoms with Crippen molar-refractivity contribution >= 4 is 39.1 Å². The molecule has 0 fully saturated rings. The van der Waals surface area contributed by atoms with Gasteiger partial charge < -0.3 is 39.6 Å². The highest BCUT2D eigenvalue weighted by molar-refractivity contribution is 8.76. The third kappa shape index (κ3) is 21.0. The van der Waals surface area contributed by atoms with Crippen LogP contribution in [0.1, 0.15) is 27.2 Å². The molecule has 12 heteroatoms. The molecular formula is C28H47N3O7S2. The van der Waals surface area contributed by atoms with Crippen molar-refractivity contribution in [3.63, 3.8) is 0 Å². The lowest BCUT2D eigenvalue weighted by Gasteiger charge is -2.17. The van der Waals surface area contributed by atoms with Gasteiger partial charge in [0.05, 0.1) is 46.1 Å². The highest BCUT2D eigenvalue weighted by Gasteiger charge is 2.12. The molecule has 1 atom stereocenters. The summed E-state index contributed by atoms with van der Waals surface area (Å²) in [6, 6.07) is 7.23. The molecule has 0 saturated carbocycles. The van der Waals surface area contributed by atoms with Crippen LogP contribution in [-0.4, -0.2) is 96.0 Å². The van der Waals surface area contributed by atoms with Crippen LogP contribution in [0.15, 0.2) is 36.4 Å². The molecule has 0 aliphatic carbocycles. The van der Waals surface area contributed by atoms with Gasteiger partial charge in [0.1, 0.15) is 24.4 Å². The maximum atomic E-state index is 12.2. The average Bonchev–Trinajstić information content (AvgIpc) is 2.93. The van der Waals surface area contributed by atoms with Crippen molar-refractivity contribution in [2.75, 3.05) is 84.1 Å². The van der Waals surface area contributed by atoms with E-state index in [-0.39, 0.29) is 30.3 Å². The molecule has 1 unspecified atom stereocenters. The second-order valence-electron chi connectivity index (χ2n) is 8.81. The Bertz CT molecular complexity index is 831. The lowest BCUT2D eigenvalue weighted by atomic mass is 10.2. The van der Waals surface area contributed by atoms with Crippen molar-refractivity contribution in [3.05, 3.63) is 36.4 Å². The Morgan fingerprint density at radius 2 is 1.77 bits per heavy atom. The monoisotopic (exact) mass is 601 g/mol. The summed E-state index contributed by atoms with van der Waals surface area (Å²) in [5.41, 5.74) is 0.423. The van der Waals surface area contributed by atoms with Crippen LogP contribution in [0.5, 0.6) is 5.75 Å². The van der Waals surface area contributed by atoms with E-state index in [0.29, 0.717) is 70.1 Å². The number of benzene rings is 1. The number of carbonyl (C=O) groups excluding carboxylic acids is 2. The minimum atomic E-state index is -0.226. The number of carbonyl (C=O) groups is 2. The molecule has 0 bridgehead atoms. The molecule has 0 aliphatic heterocycles. The topological polar surface area (TPSA) is 116 Å². The van der Waals surface area contributed by atoms with Crippen LogP contribution in [0.4, 0.5) is 5.69 Å². The summed E-state index contributed by atoms with van der Waals surface area (Å²) in [5, 5.41) is 8.83. The number of allylic oxidation sites excluding steroid dienone is 1. The molecular weight excluding hydrogens is 554 g/mol. The fourth-order valence-electron chi connectivity index (χ4n) is 3.04. The first kappa shape index (κ1) is 36.2. The lowest BCUT2D eigenvalue weighted by Crippen LogP contribution is -2.28. The number of hydrogen-bond acceptors (Lipinski definition) is 10. The van der Waals surface area contributed by atoms with Crippen LogP contribution < -0.4 is 20.7 Å². The van der Waals surface area contributed by atoms with E-state index >= 15 is 0 Å². The molecule has 0 heterocycles. The number of nitrogens with one attached hydrogen (secondary N) is 3. The van der Waals surface area contributed by atoms with Crippen molar-refractivity contribution in [1.29, 1.82) is 0 Å². The minimum absolute atomic E-state index is 0.00812. The molecule has 1 rings (SSSR count). The van der Waals surface area contributed by atoms with Gasteiger partial charge in [-0.05, 0) is 30.9 Å². The average molecular weight is 602 g/mol. The SMILES string of the molecule is CCNCCOCCOCCC(=O)Nc1cccc(OCC(OCCOCC(=O)NC/C=C/C(C)C)SSC)c1. The van der Waals surface area contributed by atoms with E-state index in [1.165, 1.54) is 0 Å². The molecule has 0 spiro atoms. The fourth-order valence-corrected chi connectivity index (χ4v) is 4.51. The van der Waals surface area contributed by atoms with Crippen LogP contribution in [0, 0.1) is 5.92 Å². The molecule has 3 N–H and O–H groups in total. The van der Waals surface area contributed by atoms with Crippen LogP contribution in [0.25, 0.3) is 0 Å². The fraction of sp³-hybridized carbons (Fsp3) is 0.643. The first-order valence-corrected chi connectivity index (χ1v) is 16.3. The highest BCUT2D eigenvalue weighted by Crippen LogP contribution is 2.26. The Balaban J connectivity index is 2.24. The van der Waals surface area contributed by atoms with E-state index in [4.69, 9.17) is 23.7 Å². The normalized spacial score (nSPS) is 12.1. The highest BCUT2D eigenvalue weighted by atomic mass is 33.1. The molecule has 0 aliphatic rings. The lowest BCUT2D eigenvalue weighted by molar-refractivity contribution is -0.126. The molecule has 0 saturated heterocycles. The quantitative estimate of drug-likeness (QED) is 0.0663. The standard InChI is InChI=1S/C28H47N3O7S2/c1-5-29-13-15-35-17-16-34-14-11-26(32)31-24-9-6-10-25(20-24)38-22-28(40-39-4)37-19-18-36-21-27(33)30-12-7-8-23(2)3/h6-10,20,23,28-29H,5,11-19,21-22H2,1-4H3,(H,30,33)(H,31,32)/b8-7+. The second-order valence-corrected chi connectivity index (χ2v) is 11.4. The van der Waals surface area contributed by atoms with Gasteiger partial charge in [0, 0.05) is 24.8 Å². The molecule has 0 aromatic heterocycles. The van der Waals surface area contributed by atoms with Gasteiger partial charge in [-0.2, -0.15) is 0 Å². The van der Waals surface area contributed by atoms with Crippen LogP contribution in [0.2, 0.25) is 0 Å². The van der Waals surface area contributed by atoms with Gasteiger partial charge in [-0.25, -0.2) is 0 Å². The summed E-state index contributed by atoms with van der Waals surface area (Å²) in [4.78, 5) is 24.0. The number of hydrogen-bond donors (Lipinski definition) is 3. The van der Waals surface area contributed by atoms with Crippen LogP contribution in [-0.2, 0) is 28.5 Å². The zero-order chi connectivity index (χ0) is 29.3. The van der Waals surface area contributed by atoms with Gasteiger partial charge in [-0.1, -0.05) is 60.6 Å². The van der Waals surface area contributed by atoms with Crippen molar-refractivity contribution < 1.29 is 33.3 Å². The summed E-state index contributed by atoms with van der Waals surface area (Å²) in [5.74, 6) is 0.784. The third-order valence-electron chi connectivity index (χ3n) is 4.93. The van der Waals surface area contributed by atoms with E-state index in [2.05, 4.69) is 29.8 Å². The summed E-state index contributed by atoms with van der Waals surface area (Å²) in [6.45, 7) is 11.3. The predicted molar refractivity (Wildman–Crippen MR) is 164 cm³/mol. The molecule has 0 radical (unpaired) electrons. The van der Waals surface area contributed by atoms with Crippen molar-refractivity contribution in [1.82, 2.24) is 10.6 Å². The molecule has 228 valence electrons. The first-order chi connectivity index (χ1) is 19.4. The van der Waals surface area contributed by atoms with Crippen LogP contribution in [0.3, 0.4) is 0 Å². The largest absolute Gasteiger partial charge is 0.490 e. The molecule has 1 aromatic rings. The van der Waals surface area contributed by atoms with Crippen molar-refractivity contribution in [2.45, 2.75) is 32.6 Å². The third-order valence-corrected chi connectivity index (χ3v) is 6.83. The predicted octanol–water partition coefficient (Wildman–Crippen LogP) is 3.74. The Morgan fingerprint density at radius 1 is 1.00 bits per heavy atom. The zero-order valence-corrected chi connectivity index (χ0v) is 25.9. The number of amides is 2. The van der Waals surface area contributed by atoms with Crippen LogP contribution >= 0.6 is 21.6 Å². The van der Waals surface area contributed by atoms with Crippen molar-refractivity contribution in [3.8, 4) is 5.75 Å². The van der Waals surface area contributed by atoms with E-state index in [1.54, 1.807) is 27.7 Å². The maximum absolute atomic E-state index is 12.2. The summed E-state index contributed by atoms with van der Waals surface area (Å²) < 4.78 is 28.1. The summed E-state index contributed by atoms with van der Waals surface area (Å²) in [6.07, 6.45) is 6.19. The number of likely N-dealkylation sites (N-methyl/N-ethyl adjacent to an activating group) is 1. The van der Waals surface area contributed by atoms with Crippen molar-refractivity contribution in [2.24, 2.45) is 5.92 Å². The maximum Gasteiger partial charge on any atom is 0.246 e. The molecule has 1 aromatic carbocycles. The van der Waals surface area contributed by atoms with E-state index in [0.717, 1.165) is 13.1 Å². The van der Waals surface area contributed by atoms with Gasteiger partial charge in [0.25, 0.3) is 0 Å². The smallest absolute Gasteiger partial charge is 0.246 e. The summed E-state index contributed by atoms with van der Waals surface area (Å²) in [7, 11) is 3.12. The summed E-state index contributed by atoms with van der Waals surface area (Å²) >= 11 is 0. The zero-order valence-electron chi connectivity index (χ0n) is 24.3. The Labute approximate surface area is 247 Å². The minimum Gasteiger partial charge on any atom is -0.490 e. The van der Waals surface area contributed by atoms with Gasteiger partial charge in [0.15, 0.2) is 0 Å². The molecule has 10 nitrogen and oxygen atoms in total. The van der Waals surface area contributed by atoms with E-state index in [1.807, 2.05) is 43.5 Å².